The predicted molar refractivity (Wildman–Crippen MR) is 75.2 cm³/mol. The third-order valence-corrected chi connectivity index (χ3v) is 5.05. The van der Waals surface area contributed by atoms with E-state index < -0.39 is 0 Å². The van der Waals surface area contributed by atoms with E-state index in [0.717, 1.165) is 17.9 Å². The minimum atomic E-state index is 0.357. The highest BCUT2D eigenvalue weighted by atomic mass is 15.2. The Bertz CT molecular complexity index is 240. The predicted octanol–water partition coefficient (Wildman–Crippen LogP) is 4.32. The molecule has 2 saturated heterocycles. The van der Waals surface area contributed by atoms with Crippen LogP contribution in [0.25, 0.3) is 0 Å². The van der Waals surface area contributed by atoms with Crippen molar-refractivity contribution < 1.29 is 0 Å². The lowest BCUT2D eigenvalue weighted by Gasteiger charge is -2.51. The fourth-order valence-corrected chi connectivity index (χ4v) is 4.21. The lowest BCUT2D eigenvalue weighted by atomic mass is 9.67. The van der Waals surface area contributed by atoms with Gasteiger partial charge < -0.3 is 0 Å². The lowest BCUT2D eigenvalue weighted by Crippen LogP contribution is -2.55. The van der Waals surface area contributed by atoms with Crippen LogP contribution in [0.15, 0.2) is 0 Å². The normalized spacial score (nSPS) is 36.0. The summed E-state index contributed by atoms with van der Waals surface area (Å²) in [5, 5.41) is 0. The van der Waals surface area contributed by atoms with Crippen LogP contribution >= 0.6 is 0 Å². The van der Waals surface area contributed by atoms with Gasteiger partial charge in [0.2, 0.25) is 0 Å². The molecule has 2 heterocycles. The fourth-order valence-electron chi connectivity index (χ4n) is 4.21. The third-order valence-electron chi connectivity index (χ3n) is 5.05. The molecule has 2 aliphatic heterocycles. The van der Waals surface area contributed by atoms with Crippen molar-refractivity contribution in [3.05, 3.63) is 0 Å². The smallest absolute Gasteiger partial charge is 0.0128 e. The van der Waals surface area contributed by atoms with E-state index in [2.05, 4.69) is 46.4 Å². The van der Waals surface area contributed by atoms with Crippen LogP contribution < -0.4 is 0 Å². The molecular weight excluding hydrogens is 206 g/mol. The zero-order chi connectivity index (χ0) is 12.8. The van der Waals surface area contributed by atoms with Gasteiger partial charge in [0.1, 0.15) is 0 Å². The second-order valence-electron chi connectivity index (χ2n) is 8.38. The van der Waals surface area contributed by atoms with Gasteiger partial charge in [-0.2, -0.15) is 0 Å². The van der Waals surface area contributed by atoms with Crippen molar-refractivity contribution in [2.24, 2.45) is 17.3 Å². The average Bonchev–Trinajstić information content (AvgIpc) is 2.46. The molecule has 100 valence electrons. The van der Waals surface area contributed by atoms with Crippen LogP contribution in [0.5, 0.6) is 0 Å². The summed E-state index contributed by atoms with van der Waals surface area (Å²) in [6.07, 6.45) is 5.78. The van der Waals surface area contributed by atoms with E-state index in [1.165, 1.54) is 32.2 Å². The standard InChI is InChI=1S/C16H31N/c1-15(2,3)14-10-13-9-7-8-12(14)11-17(13)16(4,5)6/h12-14H,7-11H2,1-6H3. The molecule has 0 aromatic carbocycles. The Morgan fingerprint density at radius 1 is 0.941 bits per heavy atom. The Morgan fingerprint density at radius 2 is 1.59 bits per heavy atom. The van der Waals surface area contributed by atoms with Gasteiger partial charge in [-0.05, 0) is 57.3 Å². The molecule has 3 fully saturated rings. The van der Waals surface area contributed by atoms with Crippen LogP contribution in [0, 0.1) is 17.3 Å². The number of hydrogen-bond acceptors (Lipinski definition) is 1. The number of piperidine rings is 1. The second-order valence-corrected chi connectivity index (χ2v) is 8.38. The summed E-state index contributed by atoms with van der Waals surface area (Å²) in [5.41, 5.74) is 0.855. The van der Waals surface area contributed by atoms with Crippen LogP contribution in [0.3, 0.4) is 0 Å². The van der Waals surface area contributed by atoms with E-state index in [0.29, 0.717) is 11.0 Å². The molecule has 0 aromatic heterocycles. The quantitative estimate of drug-likeness (QED) is 0.606. The van der Waals surface area contributed by atoms with E-state index in [1.54, 1.807) is 0 Å². The summed E-state index contributed by atoms with van der Waals surface area (Å²) < 4.78 is 0. The molecule has 3 unspecified atom stereocenters. The number of nitrogens with zero attached hydrogens (tertiary/aromatic N) is 1. The van der Waals surface area contributed by atoms with Gasteiger partial charge >= 0.3 is 0 Å². The van der Waals surface area contributed by atoms with Gasteiger partial charge in [-0.1, -0.05) is 27.2 Å². The van der Waals surface area contributed by atoms with Crippen LogP contribution in [-0.2, 0) is 0 Å². The molecular formula is C16H31N. The van der Waals surface area contributed by atoms with E-state index in [4.69, 9.17) is 0 Å². The van der Waals surface area contributed by atoms with E-state index >= 15 is 0 Å². The molecule has 3 atom stereocenters. The molecule has 1 aliphatic carbocycles. The van der Waals surface area contributed by atoms with Crippen molar-refractivity contribution >= 4 is 0 Å². The van der Waals surface area contributed by atoms with Gasteiger partial charge in [-0.3, -0.25) is 4.90 Å². The summed E-state index contributed by atoms with van der Waals surface area (Å²) >= 11 is 0. The van der Waals surface area contributed by atoms with E-state index in [1.807, 2.05) is 0 Å². The first kappa shape index (κ1) is 13.4. The Hall–Kier alpha value is -0.0400. The first-order valence-corrected chi connectivity index (χ1v) is 7.46. The molecule has 0 aromatic rings. The summed E-state index contributed by atoms with van der Waals surface area (Å²) in [6, 6.07) is 0.845. The molecule has 0 amide bonds. The fraction of sp³-hybridized carbons (Fsp3) is 1.00. The van der Waals surface area contributed by atoms with Crippen LogP contribution in [0.2, 0.25) is 0 Å². The first-order chi connectivity index (χ1) is 7.69. The van der Waals surface area contributed by atoms with Gasteiger partial charge in [0.25, 0.3) is 0 Å². The first-order valence-electron chi connectivity index (χ1n) is 7.46. The van der Waals surface area contributed by atoms with Gasteiger partial charge in [0, 0.05) is 18.1 Å². The second kappa shape index (κ2) is 4.26. The summed E-state index contributed by atoms with van der Waals surface area (Å²) in [6.45, 7) is 15.8. The topological polar surface area (TPSA) is 3.24 Å². The average molecular weight is 237 g/mol. The van der Waals surface area contributed by atoms with Crippen molar-refractivity contribution in [1.29, 1.82) is 0 Å². The monoisotopic (exact) mass is 237 g/mol. The maximum absolute atomic E-state index is 2.80. The van der Waals surface area contributed by atoms with Crippen LogP contribution in [0.1, 0.15) is 67.2 Å². The van der Waals surface area contributed by atoms with E-state index in [-0.39, 0.29) is 0 Å². The molecule has 1 heteroatoms. The number of rotatable bonds is 0. The van der Waals surface area contributed by atoms with Crippen LogP contribution in [-0.4, -0.2) is 23.0 Å². The molecule has 17 heavy (non-hydrogen) atoms. The molecule has 1 saturated carbocycles. The number of fused-ring (bicyclic) bond motifs is 4. The molecule has 3 aliphatic rings. The molecule has 2 bridgehead atoms. The largest absolute Gasteiger partial charge is 0.295 e. The third kappa shape index (κ3) is 2.70. The minimum absolute atomic E-state index is 0.357. The van der Waals surface area contributed by atoms with Gasteiger partial charge in [-0.25, -0.2) is 0 Å². The highest BCUT2D eigenvalue weighted by molar-refractivity contribution is 4.98. The summed E-state index contributed by atoms with van der Waals surface area (Å²) in [4.78, 5) is 2.80. The van der Waals surface area contributed by atoms with Crippen LogP contribution in [0.4, 0.5) is 0 Å². The van der Waals surface area contributed by atoms with Crippen molar-refractivity contribution in [2.45, 2.75) is 78.8 Å². The van der Waals surface area contributed by atoms with Crippen molar-refractivity contribution in [3.8, 4) is 0 Å². The van der Waals surface area contributed by atoms with Crippen molar-refractivity contribution in [1.82, 2.24) is 4.90 Å². The van der Waals surface area contributed by atoms with Gasteiger partial charge in [0.15, 0.2) is 0 Å². The van der Waals surface area contributed by atoms with Gasteiger partial charge in [0.05, 0.1) is 0 Å². The molecule has 0 N–H and O–H groups in total. The Labute approximate surface area is 108 Å². The summed E-state index contributed by atoms with van der Waals surface area (Å²) in [5.74, 6) is 1.88. The molecule has 3 rings (SSSR count). The molecule has 0 spiro atoms. The Balaban J connectivity index is 2.20. The maximum atomic E-state index is 2.80. The minimum Gasteiger partial charge on any atom is -0.295 e. The maximum Gasteiger partial charge on any atom is 0.0128 e. The van der Waals surface area contributed by atoms with E-state index in [9.17, 15) is 0 Å². The Kier molecular flexibility index (Phi) is 3.36. The highest BCUT2D eigenvalue weighted by Gasteiger charge is 2.45. The summed E-state index contributed by atoms with van der Waals surface area (Å²) in [7, 11) is 0. The SMILES string of the molecule is CC(C)(C)C1CC2CCCC1CN2C(C)(C)C. The van der Waals surface area contributed by atoms with Crippen molar-refractivity contribution in [2.75, 3.05) is 6.54 Å². The zero-order valence-electron chi connectivity index (χ0n) is 12.7. The lowest BCUT2D eigenvalue weighted by molar-refractivity contribution is -0.0231. The molecule has 0 radical (unpaired) electrons. The van der Waals surface area contributed by atoms with Gasteiger partial charge in [-0.15, -0.1) is 0 Å². The highest BCUT2D eigenvalue weighted by Crippen LogP contribution is 2.47. The molecule has 1 nitrogen and oxygen atoms in total. The Morgan fingerprint density at radius 3 is 2.12 bits per heavy atom. The zero-order valence-corrected chi connectivity index (χ0v) is 12.7. The van der Waals surface area contributed by atoms with Crippen molar-refractivity contribution in [3.63, 3.8) is 0 Å². The number of hydrogen-bond donors (Lipinski definition) is 0.